The summed E-state index contributed by atoms with van der Waals surface area (Å²) in [6.45, 7) is 6.05. The van der Waals surface area contributed by atoms with Crippen molar-refractivity contribution < 1.29 is 0 Å². The number of hydrogen-bond donors (Lipinski definition) is 4. The molecule has 8 N–H and O–H groups in total. The Kier molecular flexibility index (Phi) is 16.7. The number of hydrogen-bond acceptors (Lipinski definition) is 6. The minimum Gasteiger partial charge on any atom is -0.330 e. The summed E-state index contributed by atoms with van der Waals surface area (Å²) in [5.74, 6) is 3.57. The highest BCUT2D eigenvalue weighted by Gasteiger charge is 2.27. The van der Waals surface area contributed by atoms with E-state index in [0.29, 0.717) is 30.8 Å². The van der Waals surface area contributed by atoms with Gasteiger partial charge in [-0.15, -0.1) is 11.3 Å². The third kappa shape index (κ3) is 11.7. The summed E-state index contributed by atoms with van der Waals surface area (Å²) < 4.78 is 2.86. The minimum atomic E-state index is 0.656. The Hall–Kier alpha value is -1.54. The van der Waals surface area contributed by atoms with E-state index in [1.165, 1.54) is 129 Å². The molecule has 1 aromatic heterocycles. The molecule has 274 valence electrons. The van der Waals surface area contributed by atoms with Crippen LogP contribution in [0.4, 0.5) is 0 Å². The zero-order valence-corrected chi connectivity index (χ0v) is 31.7. The van der Waals surface area contributed by atoms with E-state index < -0.39 is 0 Å². The molecule has 5 nitrogen and oxygen atoms in total. The molecule has 3 fully saturated rings. The second kappa shape index (κ2) is 21.1. The van der Waals surface area contributed by atoms with Crippen molar-refractivity contribution in [2.45, 2.75) is 134 Å². The lowest BCUT2D eigenvalue weighted by molar-refractivity contribution is 0.199. The van der Waals surface area contributed by atoms with Gasteiger partial charge in [0.15, 0.2) is 0 Å². The second-order valence-electron chi connectivity index (χ2n) is 16.0. The smallest absolute Gasteiger partial charge is 0.0355 e. The Bertz CT molecular complexity index is 1230. The maximum Gasteiger partial charge on any atom is 0.0355 e. The molecule has 0 saturated heterocycles. The standard InChI is InChI=1S/C35H55N5S.C8H16/c36-13-11-25(12-14-37)19-26-3-1-5-28(20-26)30-7-9-34-32(22-30)33-23-31(8-10-35(33)41-34)29-6-2-4-27(21-29)24-40(17-15-38)18-16-39;1-2-4-6-8-7-5-3-1/h7-10,22-23,25-29H,1-6,11-21,24,36-39H2;1-8H2. The average Bonchev–Trinajstić information content (AvgIpc) is 3.46. The SMILES string of the molecule is C1CCCCCCC1.NCCC(CCN)CC1CCCC(c2ccc3sc4ccc(C5CCCC(CN(CCN)CCN)C5)cc4c3c2)C1. The number of rotatable bonds is 14. The van der Waals surface area contributed by atoms with Crippen LogP contribution in [-0.2, 0) is 0 Å². The zero-order chi connectivity index (χ0) is 34.3. The van der Waals surface area contributed by atoms with Gasteiger partial charge in [0.2, 0.25) is 0 Å². The average molecular weight is 690 g/mol. The van der Waals surface area contributed by atoms with Crippen molar-refractivity contribution in [1.29, 1.82) is 0 Å². The lowest BCUT2D eigenvalue weighted by Crippen LogP contribution is -2.38. The molecule has 0 aliphatic heterocycles. The van der Waals surface area contributed by atoms with Crippen LogP contribution in [-0.4, -0.2) is 50.7 Å². The molecule has 0 bridgehead atoms. The third-order valence-corrected chi connectivity index (χ3v) is 13.4. The summed E-state index contributed by atoms with van der Waals surface area (Å²) in [6, 6.07) is 14.8. The van der Waals surface area contributed by atoms with Gasteiger partial charge in [-0.05, 0) is 129 Å². The Labute approximate surface area is 303 Å². The normalized spacial score (nSPS) is 23.8. The lowest BCUT2D eigenvalue weighted by Gasteiger charge is -2.33. The Morgan fingerprint density at radius 1 is 0.571 bits per heavy atom. The summed E-state index contributed by atoms with van der Waals surface area (Å²) in [4.78, 5) is 2.48. The summed E-state index contributed by atoms with van der Waals surface area (Å²) in [7, 11) is 0. The van der Waals surface area contributed by atoms with Gasteiger partial charge in [0.25, 0.3) is 0 Å². The van der Waals surface area contributed by atoms with Gasteiger partial charge in [0.05, 0.1) is 0 Å². The highest BCUT2D eigenvalue weighted by molar-refractivity contribution is 7.25. The van der Waals surface area contributed by atoms with E-state index >= 15 is 0 Å². The van der Waals surface area contributed by atoms with E-state index in [9.17, 15) is 0 Å². The first kappa shape index (κ1) is 38.7. The van der Waals surface area contributed by atoms with Gasteiger partial charge in [-0.25, -0.2) is 0 Å². The van der Waals surface area contributed by atoms with Crippen LogP contribution < -0.4 is 22.9 Å². The molecule has 3 aliphatic carbocycles. The molecule has 2 aromatic carbocycles. The van der Waals surface area contributed by atoms with E-state index in [1.54, 1.807) is 11.1 Å². The summed E-state index contributed by atoms with van der Waals surface area (Å²) in [5, 5.41) is 2.94. The molecular weight excluding hydrogens is 619 g/mol. The van der Waals surface area contributed by atoms with Crippen LogP contribution in [0.15, 0.2) is 36.4 Å². The molecule has 3 aliphatic rings. The van der Waals surface area contributed by atoms with Crippen LogP contribution in [0, 0.1) is 17.8 Å². The number of nitrogens with zero attached hydrogens (tertiary/aromatic N) is 1. The van der Waals surface area contributed by atoms with Gasteiger partial charge in [0.1, 0.15) is 0 Å². The summed E-state index contributed by atoms with van der Waals surface area (Å²) in [5.41, 5.74) is 26.7. The third-order valence-electron chi connectivity index (χ3n) is 12.2. The number of nitrogens with two attached hydrogens (primary N) is 4. The van der Waals surface area contributed by atoms with E-state index in [2.05, 4.69) is 41.3 Å². The fraction of sp³-hybridized carbons (Fsp3) is 0.721. The van der Waals surface area contributed by atoms with Crippen LogP contribution in [0.3, 0.4) is 0 Å². The molecule has 1 heterocycles. The molecule has 3 aromatic rings. The van der Waals surface area contributed by atoms with Crippen molar-refractivity contribution in [2.24, 2.45) is 40.7 Å². The summed E-state index contributed by atoms with van der Waals surface area (Å²) in [6.07, 6.45) is 26.1. The van der Waals surface area contributed by atoms with Crippen molar-refractivity contribution in [3.8, 4) is 0 Å². The largest absolute Gasteiger partial charge is 0.330 e. The molecule has 49 heavy (non-hydrogen) atoms. The molecule has 0 amide bonds. The fourth-order valence-corrected chi connectivity index (χ4v) is 10.7. The Morgan fingerprint density at radius 3 is 1.51 bits per heavy atom. The van der Waals surface area contributed by atoms with Crippen LogP contribution in [0.25, 0.3) is 20.2 Å². The predicted octanol–water partition coefficient (Wildman–Crippen LogP) is 9.65. The van der Waals surface area contributed by atoms with Gasteiger partial charge < -0.3 is 27.8 Å². The predicted molar refractivity (Wildman–Crippen MR) is 216 cm³/mol. The second-order valence-corrected chi connectivity index (χ2v) is 17.1. The molecule has 6 heteroatoms. The topological polar surface area (TPSA) is 107 Å². The molecule has 0 spiro atoms. The first-order valence-corrected chi connectivity index (χ1v) is 21.4. The minimum absolute atomic E-state index is 0.656. The lowest BCUT2D eigenvalue weighted by atomic mass is 9.74. The molecule has 6 rings (SSSR count). The number of benzene rings is 2. The number of fused-ring (bicyclic) bond motifs is 3. The van der Waals surface area contributed by atoms with Gasteiger partial charge in [-0.3, -0.25) is 0 Å². The van der Waals surface area contributed by atoms with Crippen LogP contribution >= 0.6 is 11.3 Å². The Morgan fingerprint density at radius 2 is 1.04 bits per heavy atom. The molecule has 4 unspecified atom stereocenters. The first-order valence-electron chi connectivity index (χ1n) is 20.6. The molecular formula is C43H71N5S. The van der Waals surface area contributed by atoms with Gasteiger partial charge in [0, 0.05) is 52.9 Å². The van der Waals surface area contributed by atoms with Crippen molar-refractivity contribution in [2.75, 3.05) is 45.8 Å². The summed E-state index contributed by atoms with van der Waals surface area (Å²) >= 11 is 1.96. The molecule has 4 atom stereocenters. The van der Waals surface area contributed by atoms with E-state index in [1.807, 2.05) is 11.3 Å². The van der Waals surface area contributed by atoms with Gasteiger partial charge in [-0.2, -0.15) is 0 Å². The number of thiophene rings is 1. The van der Waals surface area contributed by atoms with Crippen molar-refractivity contribution in [3.63, 3.8) is 0 Å². The van der Waals surface area contributed by atoms with E-state index in [4.69, 9.17) is 22.9 Å². The molecule has 0 radical (unpaired) electrons. The van der Waals surface area contributed by atoms with Crippen molar-refractivity contribution >= 4 is 31.5 Å². The van der Waals surface area contributed by atoms with E-state index in [-0.39, 0.29) is 0 Å². The quantitative estimate of drug-likeness (QED) is 0.135. The van der Waals surface area contributed by atoms with Crippen molar-refractivity contribution in [3.05, 3.63) is 47.5 Å². The van der Waals surface area contributed by atoms with Gasteiger partial charge >= 0.3 is 0 Å². The van der Waals surface area contributed by atoms with Crippen LogP contribution in [0.2, 0.25) is 0 Å². The monoisotopic (exact) mass is 690 g/mol. The highest BCUT2D eigenvalue weighted by atomic mass is 32.1. The fourth-order valence-electron chi connectivity index (χ4n) is 9.65. The van der Waals surface area contributed by atoms with Crippen LogP contribution in [0.5, 0.6) is 0 Å². The Balaban J connectivity index is 0.000000514. The zero-order valence-electron chi connectivity index (χ0n) is 30.9. The molecule has 3 saturated carbocycles. The maximum absolute atomic E-state index is 5.93. The maximum atomic E-state index is 5.93. The highest BCUT2D eigenvalue weighted by Crippen LogP contribution is 2.44. The van der Waals surface area contributed by atoms with Crippen LogP contribution in [0.1, 0.15) is 145 Å². The first-order chi connectivity index (χ1) is 24.1. The van der Waals surface area contributed by atoms with E-state index in [0.717, 1.165) is 57.4 Å². The van der Waals surface area contributed by atoms with Crippen molar-refractivity contribution in [1.82, 2.24) is 4.90 Å². The van der Waals surface area contributed by atoms with Gasteiger partial charge in [-0.1, -0.05) is 82.8 Å².